The first-order chi connectivity index (χ1) is 11.3. The molecule has 0 spiro atoms. The van der Waals surface area contributed by atoms with Gasteiger partial charge in [0, 0.05) is 6.61 Å². The van der Waals surface area contributed by atoms with Crippen LogP contribution in [0.4, 0.5) is 0 Å². The summed E-state index contributed by atoms with van der Waals surface area (Å²) in [6.45, 7) is 13.9. The first-order valence-electron chi connectivity index (χ1n) is 9.32. The molecule has 0 atom stereocenters. The minimum atomic E-state index is -1.58. The molecule has 0 aromatic heterocycles. The summed E-state index contributed by atoms with van der Waals surface area (Å²) < 4.78 is 12.1. The normalized spacial score (nSPS) is 12.4. The standard InChI is InChI=1S/C20H37NO2Si/c1-20(2,3)24(4,5)23-16-8-6-7-15-22-19-13-9-11-18(17-19)12-10-14-21/h9,11,13,17H,6-8,10,12,14-16,21H2,1-5H3. The van der Waals surface area contributed by atoms with Gasteiger partial charge in [0.05, 0.1) is 6.61 Å². The van der Waals surface area contributed by atoms with E-state index in [1.165, 1.54) is 5.56 Å². The summed E-state index contributed by atoms with van der Waals surface area (Å²) in [5.41, 5.74) is 6.87. The van der Waals surface area contributed by atoms with Crippen molar-refractivity contribution in [2.24, 2.45) is 5.73 Å². The summed E-state index contributed by atoms with van der Waals surface area (Å²) >= 11 is 0. The lowest BCUT2D eigenvalue weighted by atomic mass is 10.1. The van der Waals surface area contributed by atoms with Gasteiger partial charge in [0.2, 0.25) is 0 Å². The highest BCUT2D eigenvalue weighted by Crippen LogP contribution is 2.36. The summed E-state index contributed by atoms with van der Waals surface area (Å²) in [6, 6.07) is 8.37. The highest BCUT2D eigenvalue weighted by atomic mass is 28.4. The highest BCUT2D eigenvalue weighted by Gasteiger charge is 2.36. The third-order valence-electron chi connectivity index (χ3n) is 4.89. The van der Waals surface area contributed by atoms with Crippen LogP contribution >= 0.6 is 0 Å². The largest absolute Gasteiger partial charge is 0.494 e. The minimum absolute atomic E-state index is 0.297. The summed E-state index contributed by atoms with van der Waals surface area (Å²) in [7, 11) is -1.58. The zero-order valence-electron chi connectivity index (χ0n) is 16.4. The topological polar surface area (TPSA) is 44.5 Å². The molecule has 0 aliphatic heterocycles. The molecule has 0 aliphatic rings. The lowest BCUT2D eigenvalue weighted by Gasteiger charge is -2.36. The van der Waals surface area contributed by atoms with Gasteiger partial charge in [-0.15, -0.1) is 0 Å². The Balaban J connectivity index is 2.16. The SMILES string of the molecule is CC(C)(C)[Si](C)(C)OCCCCCOc1cccc(CCCN)c1. The lowest BCUT2D eigenvalue weighted by Crippen LogP contribution is -2.40. The maximum absolute atomic E-state index is 6.20. The zero-order chi connectivity index (χ0) is 18.1. The van der Waals surface area contributed by atoms with Crippen LogP contribution in [0.1, 0.15) is 52.0 Å². The van der Waals surface area contributed by atoms with E-state index < -0.39 is 8.32 Å². The molecule has 1 aromatic rings. The molecule has 0 bridgehead atoms. The number of hydrogen-bond acceptors (Lipinski definition) is 3. The molecule has 0 unspecified atom stereocenters. The highest BCUT2D eigenvalue weighted by molar-refractivity contribution is 6.74. The van der Waals surface area contributed by atoms with Crippen LogP contribution in [0.2, 0.25) is 18.1 Å². The molecule has 0 heterocycles. The number of aryl methyl sites for hydroxylation is 1. The average Bonchev–Trinajstić information content (AvgIpc) is 2.51. The Morgan fingerprint density at radius 3 is 2.38 bits per heavy atom. The number of nitrogens with two attached hydrogens (primary N) is 1. The van der Waals surface area contributed by atoms with E-state index in [0.29, 0.717) is 5.04 Å². The maximum Gasteiger partial charge on any atom is 0.191 e. The van der Waals surface area contributed by atoms with Crippen molar-refractivity contribution in [3.05, 3.63) is 29.8 Å². The van der Waals surface area contributed by atoms with Crippen LogP contribution in [0.3, 0.4) is 0 Å². The molecule has 138 valence electrons. The number of hydrogen-bond donors (Lipinski definition) is 1. The van der Waals surface area contributed by atoms with Crippen molar-refractivity contribution in [3.63, 3.8) is 0 Å². The second-order valence-corrected chi connectivity index (χ2v) is 12.9. The molecule has 2 N–H and O–H groups in total. The number of rotatable bonds is 11. The molecule has 24 heavy (non-hydrogen) atoms. The van der Waals surface area contributed by atoms with Crippen molar-refractivity contribution < 1.29 is 9.16 Å². The molecule has 0 aliphatic carbocycles. The monoisotopic (exact) mass is 351 g/mol. The van der Waals surface area contributed by atoms with E-state index in [4.69, 9.17) is 14.9 Å². The van der Waals surface area contributed by atoms with E-state index in [1.807, 2.05) is 6.07 Å². The molecular formula is C20H37NO2Si. The minimum Gasteiger partial charge on any atom is -0.494 e. The molecule has 0 saturated carbocycles. The molecular weight excluding hydrogens is 314 g/mol. The third-order valence-corrected chi connectivity index (χ3v) is 9.43. The van der Waals surface area contributed by atoms with Gasteiger partial charge in [0.1, 0.15) is 5.75 Å². The van der Waals surface area contributed by atoms with Crippen LogP contribution in [0, 0.1) is 0 Å². The van der Waals surface area contributed by atoms with Crippen LogP contribution in [0.5, 0.6) is 5.75 Å². The smallest absolute Gasteiger partial charge is 0.191 e. The predicted molar refractivity (Wildman–Crippen MR) is 106 cm³/mol. The fraction of sp³-hybridized carbons (Fsp3) is 0.700. The van der Waals surface area contributed by atoms with Crippen molar-refractivity contribution in [1.29, 1.82) is 0 Å². The summed E-state index contributed by atoms with van der Waals surface area (Å²) in [5.74, 6) is 0.974. The van der Waals surface area contributed by atoms with Crippen LogP contribution in [0.25, 0.3) is 0 Å². The fourth-order valence-electron chi connectivity index (χ4n) is 2.21. The van der Waals surface area contributed by atoms with Crippen molar-refractivity contribution >= 4 is 8.32 Å². The molecule has 3 nitrogen and oxygen atoms in total. The van der Waals surface area contributed by atoms with E-state index in [0.717, 1.165) is 57.6 Å². The van der Waals surface area contributed by atoms with Gasteiger partial charge in [-0.1, -0.05) is 32.9 Å². The van der Waals surface area contributed by atoms with E-state index in [1.54, 1.807) is 0 Å². The number of ether oxygens (including phenoxy) is 1. The molecule has 0 amide bonds. The maximum atomic E-state index is 6.20. The summed E-state index contributed by atoms with van der Waals surface area (Å²) in [4.78, 5) is 0. The Bertz CT molecular complexity index is 469. The van der Waals surface area contributed by atoms with Crippen molar-refractivity contribution in [3.8, 4) is 5.75 Å². The summed E-state index contributed by atoms with van der Waals surface area (Å²) in [5, 5.41) is 0.297. The second kappa shape index (κ2) is 10.2. The van der Waals surface area contributed by atoms with Crippen LogP contribution in [-0.2, 0) is 10.8 Å². The van der Waals surface area contributed by atoms with E-state index in [2.05, 4.69) is 52.1 Å². The van der Waals surface area contributed by atoms with Gasteiger partial charge in [0.15, 0.2) is 8.32 Å². The van der Waals surface area contributed by atoms with Gasteiger partial charge < -0.3 is 14.9 Å². The van der Waals surface area contributed by atoms with Gasteiger partial charge in [0.25, 0.3) is 0 Å². The van der Waals surface area contributed by atoms with Crippen LogP contribution < -0.4 is 10.5 Å². The molecule has 1 rings (SSSR count). The van der Waals surface area contributed by atoms with Gasteiger partial charge in [-0.2, -0.15) is 0 Å². The zero-order valence-corrected chi connectivity index (χ0v) is 17.4. The predicted octanol–water partition coefficient (Wildman–Crippen LogP) is 5.15. The average molecular weight is 352 g/mol. The van der Waals surface area contributed by atoms with Crippen molar-refractivity contribution in [2.45, 2.75) is 71.0 Å². The lowest BCUT2D eigenvalue weighted by molar-refractivity contribution is 0.264. The van der Waals surface area contributed by atoms with Gasteiger partial charge in [-0.25, -0.2) is 0 Å². The molecule has 0 radical (unpaired) electrons. The van der Waals surface area contributed by atoms with Crippen molar-refractivity contribution in [2.75, 3.05) is 19.8 Å². The molecule has 0 saturated heterocycles. The molecule has 0 fully saturated rings. The first kappa shape index (κ1) is 21.2. The molecule has 4 heteroatoms. The second-order valence-electron chi connectivity index (χ2n) is 8.06. The van der Waals surface area contributed by atoms with E-state index in [-0.39, 0.29) is 0 Å². The summed E-state index contributed by atoms with van der Waals surface area (Å²) in [6.07, 6.45) is 5.40. The Morgan fingerprint density at radius 1 is 1.00 bits per heavy atom. The Hall–Kier alpha value is -0.843. The fourth-order valence-corrected chi connectivity index (χ4v) is 3.30. The van der Waals surface area contributed by atoms with Crippen LogP contribution in [-0.4, -0.2) is 28.1 Å². The first-order valence-corrected chi connectivity index (χ1v) is 12.2. The van der Waals surface area contributed by atoms with E-state index in [9.17, 15) is 0 Å². The van der Waals surface area contributed by atoms with Gasteiger partial charge in [-0.3, -0.25) is 0 Å². The van der Waals surface area contributed by atoms with Gasteiger partial charge >= 0.3 is 0 Å². The van der Waals surface area contributed by atoms with Crippen molar-refractivity contribution in [1.82, 2.24) is 0 Å². The Labute approximate surface area is 150 Å². The molecule has 1 aromatic carbocycles. The number of unbranched alkanes of at least 4 members (excludes halogenated alkanes) is 2. The van der Waals surface area contributed by atoms with Gasteiger partial charge in [-0.05, 0) is 74.5 Å². The number of benzene rings is 1. The Kier molecular flexibility index (Phi) is 9.02. The third kappa shape index (κ3) is 7.82. The van der Waals surface area contributed by atoms with E-state index >= 15 is 0 Å². The Morgan fingerprint density at radius 2 is 1.71 bits per heavy atom. The van der Waals surface area contributed by atoms with Crippen LogP contribution in [0.15, 0.2) is 24.3 Å². The quantitative estimate of drug-likeness (QED) is 0.443.